The molecule has 4 heteroatoms. The van der Waals surface area contributed by atoms with Crippen LogP contribution in [0.3, 0.4) is 0 Å². The zero-order chi connectivity index (χ0) is 10.6. The minimum atomic E-state index is -0.979. The largest absolute Gasteiger partial charge is 0.481 e. The van der Waals surface area contributed by atoms with Crippen LogP contribution in [-0.4, -0.2) is 18.2 Å². The van der Waals surface area contributed by atoms with Crippen molar-refractivity contribution in [1.82, 2.24) is 0 Å². The molecule has 3 nitrogen and oxygen atoms in total. The molecule has 14 heavy (non-hydrogen) atoms. The lowest BCUT2D eigenvalue weighted by Crippen LogP contribution is -2.04. The van der Waals surface area contributed by atoms with Crippen LogP contribution < -0.4 is 0 Å². The van der Waals surface area contributed by atoms with Gasteiger partial charge in [0.1, 0.15) is 5.82 Å². The Labute approximate surface area is 81.1 Å². The van der Waals surface area contributed by atoms with Gasteiger partial charge in [-0.2, -0.15) is 0 Å². The van der Waals surface area contributed by atoms with Crippen molar-refractivity contribution in [3.8, 4) is 0 Å². The standard InChI is InChI=1S/C10H11FO3/c1-14-6-7-2-3-9(11)4-8(7)5-10(12)13/h2-4H,5-6H2,1H3,(H,12,13). The molecule has 0 saturated heterocycles. The fourth-order valence-electron chi connectivity index (χ4n) is 1.22. The van der Waals surface area contributed by atoms with Gasteiger partial charge in [-0.15, -0.1) is 0 Å². The first-order valence-electron chi connectivity index (χ1n) is 4.11. The molecule has 0 aliphatic rings. The summed E-state index contributed by atoms with van der Waals surface area (Å²) in [6, 6.07) is 4.05. The number of aliphatic carboxylic acids is 1. The van der Waals surface area contributed by atoms with Gasteiger partial charge in [0.05, 0.1) is 13.0 Å². The minimum Gasteiger partial charge on any atom is -0.481 e. The van der Waals surface area contributed by atoms with Gasteiger partial charge < -0.3 is 9.84 Å². The van der Waals surface area contributed by atoms with Crippen LogP contribution in [0.25, 0.3) is 0 Å². The van der Waals surface area contributed by atoms with Gasteiger partial charge >= 0.3 is 5.97 Å². The fraction of sp³-hybridized carbons (Fsp3) is 0.300. The van der Waals surface area contributed by atoms with Crippen molar-refractivity contribution in [2.24, 2.45) is 0 Å². The van der Waals surface area contributed by atoms with Crippen LogP contribution in [-0.2, 0) is 22.6 Å². The van der Waals surface area contributed by atoms with E-state index in [2.05, 4.69) is 0 Å². The average molecular weight is 198 g/mol. The smallest absolute Gasteiger partial charge is 0.307 e. The number of carbonyl (C=O) groups is 1. The summed E-state index contributed by atoms with van der Waals surface area (Å²) in [4.78, 5) is 10.5. The van der Waals surface area contributed by atoms with Crippen LogP contribution in [0, 0.1) is 5.82 Å². The van der Waals surface area contributed by atoms with Crippen LogP contribution in [0.15, 0.2) is 18.2 Å². The fourth-order valence-corrected chi connectivity index (χ4v) is 1.22. The summed E-state index contributed by atoms with van der Waals surface area (Å²) in [5.41, 5.74) is 1.16. The molecular weight excluding hydrogens is 187 g/mol. The first-order chi connectivity index (χ1) is 6.63. The van der Waals surface area contributed by atoms with E-state index in [1.165, 1.54) is 25.3 Å². The molecule has 1 N–H and O–H groups in total. The molecule has 0 unspecified atom stereocenters. The quantitative estimate of drug-likeness (QED) is 0.799. The van der Waals surface area contributed by atoms with Crippen molar-refractivity contribution in [1.29, 1.82) is 0 Å². The van der Waals surface area contributed by atoms with Crippen molar-refractivity contribution < 1.29 is 19.0 Å². The van der Waals surface area contributed by atoms with Crippen molar-refractivity contribution >= 4 is 5.97 Å². The van der Waals surface area contributed by atoms with Crippen LogP contribution in [0.1, 0.15) is 11.1 Å². The molecule has 0 saturated carbocycles. The minimum absolute atomic E-state index is 0.184. The van der Waals surface area contributed by atoms with Crippen molar-refractivity contribution in [3.63, 3.8) is 0 Å². The number of benzene rings is 1. The summed E-state index contributed by atoms with van der Waals surface area (Å²) in [6.45, 7) is 0.295. The Kier molecular flexibility index (Phi) is 3.59. The highest BCUT2D eigenvalue weighted by atomic mass is 19.1. The molecule has 0 radical (unpaired) electrons. The normalized spacial score (nSPS) is 10.1. The molecular formula is C10H11FO3. The van der Waals surface area contributed by atoms with E-state index in [9.17, 15) is 9.18 Å². The van der Waals surface area contributed by atoms with Crippen molar-refractivity contribution in [2.45, 2.75) is 13.0 Å². The third-order valence-electron chi connectivity index (χ3n) is 1.81. The molecule has 1 aromatic rings. The van der Waals surface area contributed by atoms with E-state index in [1.807, 2.05) is 0 Å². The zero-order valence-corrected chi connectivity index (χ0v) is 7.79. The first kappa shape index (κ1) is 10.7. The van der Waals surface area contributed by atoms with Gasteiger partial charge in [-0.3, -0.25) is 4.79 Å². The monoisotopic (exact) mass is 198 g/mol. The van der Waals surface area contributed by atoms with Gasteiger partial charge in [0.15, 0.2) is 0 Å². The Bertz CT molecular complexity index is 336. The number of hydrogen-bond donors (Lipinski definition) is 1. The summed E-state index contributed by atoms with van der Waals surface area (Å²) in [7, 11) is 1.51. The molecule has 0 atom stereocenters. The van der Waals surface area contributed by atoms with Gasteiger partial charge in [-0.05, 0) is 23.3 Å². The maximum atomic E-state index is 12.8. The summed E-state index contributed by atoms with van der Waals surface area (Å²) in [5, 5.41) is 8.59. The second-order valence-corrected chi connectivity index (χ2v) is 2.92. The highest BCUT2D eigenvalue weighted by Crippen LogP contribution is 2.13. The molecule has 1 rings (SSSR count). The number of hydrogen-bond acceptors (Lipinski definition) is 2. The number of carboxylic acid groups (broad SMARTS) is 1. The summed E-state index contributed by atoms with van der Waals surface area (Å²) in [5.74, 6) is -1.41. The Morgan fingerprint density at radius 3 is 2.79 bits per heavy atom. The average Bonchev–Trinajstić information content (AvgIpc) is 2.09. The summed E-state index contributed by atoms with van der Waals surface area (Å²) < 4.78 is 17.7. The van der Waals surface area contributed by atoms with E-state index in [4.69, 9.17) is 9.84 Å². The van der Waals surface area contributed by atoms with Crippen LogP contribution in [0.4, 0.5) is 4.39 Å². The number of rotatable bonds is 4. The lowest BCUT2D eigenvalue weighted by molar-refractivity contribution is -0.136. The molecule has 0 fully saturated rings. The van der Waals surface area contributed by atoms with Gasteiger partial charge in [0, 0.05) is 7.11 Å². The van der Waals surface area contributed by atoms with E-state index in [-0.39, 0.29) is 6.42 Å². The Hall–Kier alpha value is -1.42. The van der Waals surface area contributed by atoms with Gasteiger partial charge in [0.2, 0.25) is 0 Å². The molecule has 0 heterocycles. The molecule has 0 bridgehead atoms. The summed E-state index contributed by atoms with van der Waals surface area (Å²) >= 11 is 0. The number of ether oxygens (including phenoxy) is 1. The Balaban J connectivity index is 2.96. The Morgan fingerprint density at radius 1 is 1.50 bits per heavy atom. The van der Waals surface area contributed by atoms with Crippen LogP contribution in [0.2, 0.25) is 0 Å². The number of carboxylic acids is 1. The first-order valence-corrected chi connectivity index (χ1v) is 4.11. The second-order valence-electron chi connectivity index (χ2n) is 2.92. The molecule has 0 aromatic heterocycles. The third-order valence-corrected chi connectivity index (χ3v) is 1.81. The Morgan fingerprint density at radius 2 is 2.21 bits per heavy atom. The maximum absolute atomic E-state index is 12.8. The zero-order valence-electron chi connectivity index (χ0n) is 7.79. The number of methoxy groups -OCH3 is 1. The maximum Gasteiger partial charge on any atom is 0.307 e. The highest BCUT2D eigenvalue weighted by Gasteiger charge is 2.07. The van der Waals surface area contributed by atoms with Crippen molar-refractivity contribution in [3.05, 3.63) is 35.1 Å². The predicted molar refractivity (Wildman–Crippen MR) is 48.5 cm³/mol. The summed E-state index contributed by atoms with van der Waals surface area (Å²) in [6.07, 6.45) is -0.184. The van der Waals surface area contributed by atoms with Gasteiger partial charge in [0.25, 0.3) is 0 Å². The molecule has 76 valence electrons. The van der Waals surface area contributed by atoms with Crippen LogP contribution >= 0.6 is 0 Å². The van der Waals surface area contributed by atoms with E-state index >= 15 is 0 Å². The lowest BCUT2D eigenvalue weighted by atomic mass is 10.1. The number of halogens is 1. The molecule has 0 spiro atoms. The molecule has 0 amide bonds. The van der Waals surface area contributed by atoms with Gasteiger partial charge in [-0.1, -0.05) is 6.07 Å². The molecule has 1 aromatic carbocycles. The topological polar surface area (TPSA) is 46.5 Å². The molecule has 0 aliphatic carbocycles. The van der Waals surface area contributed by atoms with Gasteiger partial charge in [-0.25, -0.2) is 4.39 Å². The SMILES string of the molecule is COCc1ccc(F)cc1CC(=O)O. The highest BCUT2D eigenvalue weighted by molar-refractivity contribution is 5.70. The van der Waals surface area contributed by atoms with E-state index in [0.29, 0.717) is 17.7 Å². The van der Waals surface area contributed by atoms with E-state index in [1.54, 1.807) is 0 Å². The third kappa shape index (κ3) is 2.81. The second kappa shape index (κ2) is 4.72. The van der Waals surface area contributed by atoms with Crippen LogP contribution in [0.5, 0.6) is 0 Å². The molecule has 0 aliphatic heterocycles. The van der Waals surface area contributed by atoms with E-state index in [0.717, 1.165) is 0 Å². The van der Waals surface area contributed by atoms with Crippen molar-refractivity contribution in [2.75, 3.05) is 7.11 Å². The van der Waals surface area contributed by atoms with E-state index < -0.39 is 11.8 Å². The lowest BCUT2D eigenvalue weighted by Gasteiger charge is -2.06. The predicted octanol–water partition coefficient (Wildman–Crippen LogP) is 1.60.